The van der Waals surface area contributed by atoms with Crippen LogP contribution in [0.2, 0.25) is 0 Å². The van der Waals surface area contributed by atoms with Crippen LogP contribution >= 0.6 is 0 Å². The van der Waals surface area contributed by atoms with Crippen LogP contribution in [0.25, 0.3) is 0 Å². The van der Waals surface area contributed by atoms with Gasteiger partial charge in [-0.25, -0.2) is 0 Å². The van der Waals surface area contributed by atoms with E-state index in [1.165, 1.54) is 0 Å². The Bertz CT molecular complexity index is 316. The molecule has 0 saturated carbocycles. The topological polar surface area (TPSA) is 46.5 Å². The first kappa shape index (κ1) is 11.7. The van der Waals surface area contributed by atoms with Crippen molar-refractivity contribution < 1.29 is 14.6 Å². The van der Waals surface area contributed by atoms with Crippen molar-refractivity contribution in [2.75, 3.05) is 13.2 Å². The van der Waals surface area contributed by atoms with Gasteiger partial charge in [-0.1, -0.05) is 29.8 Å². The van der Waals surface area contributed by atoms with Crippen molar-refractivity contribution in [1.29, 1.82) is 0 Å². The monoisotopic (exact) mass is 208 g/mol. The molecule has 0 amide bonds. The first-order chi connectivity index (χ1) is 7.19. The zero-order valence-electron chi connectivity index (χ0n) is 9.06. The fourth-order valence-corrected chi connectivity index (χ4v) is 1.36. The second-order valence-electron chi connectivity index (χ2n) is 3.40. The van der Waals surface area contributed by atoms with Crippen molar-refractivity contribution in [3.63, 3.8) is 0 Å². The molecule has 1 N–H and O–H groups in total. The number of hydrogen-bond donors (Lipinski definition) is 1. The van der Waals surface area contributed by atoms with E-state index in [1.807, 2.05) is 31.2 Å². The van der Waals surface area contributed by atoms with Gasteiger partial charge in [0.25, 0.3) is 0 Å². The van der Waals surface area contributed by atoms with Crippen molar-refractivity contribution in [1.82, 2.24) is 0 Å². The standard InChI is InChI=1S/C12H16O3/c1-3-15-12(14)11(8-13)10-6-4-9(2)5-7-10/h4-7,11,13H,3,8H2,1-2H3/t11-/m0/s1. The summed E-state index contributed by atoms with van der Waals surface area (Å²) >= 11 is 0. The minimum atomic E-state index is -0.564. The molecule has 0 saturated heterocycles. The van der Waals surface area contributed by atoms with Gasteiger partial charge >= 0.3 is 5.97 Å². The third kappa shape index (κ3) is 3.06. The van der Waals surface area contributed by atoms with Crippen molar-refractivity contribution in [2.45, 2.75) is 19.8 Å². The number of aliphatic hydroxyl groups is 1. The summed E-state index contributed by atoms with van der Waals surface area (Å²) in [5.74, 6) is -0.936. The Labute approximate surface area is 89.7 Å². The minimum Gasteiger partial charge on any atom is -0.465 e. The summed E-state index contributed by atoms with van der Waals surface area (Å²) in [6, 6.07) is 7.51. The van der Waals surface area contributed by atoms with E-state index in [0.29, 0.717) is 6.61 Å². The molecule has 0 bridgehead atoms. The average molecular weight is 208 g/mol. The van der Waals surface area contributed by atoms with Crippen molar-refractivity contribution in [3.8, 4) is 0 Å². The largest absolute Gasteiger partial charge is 0.465 e. The maximum Gasteiger partial charge on any atom is 0.315 e. The first-order valence-corrected chi connectivity index (χ1v) is 5.03. The SMILES string of the molecule is CCOC(=O)[C@@H](CO)c1ccc(C)cc1. The van der Waals surface area contributed by atoms with E-state index < -0.39 is 5.92 Å². The van der Waals surface area contributed by atoms with Crippen LogP contribution in [-0.4, -0.2) is 24.3 Å². The predicted octanol–water partition coefficient (Wildman–Crippen LogP) is 1.63. The Balaban J connectivity index is 2.82. The third-order valence-electron chi connectivity index (χ3n) is 2.23. The van der Waals surface area contributed by atoms with Crippen LogP contribution in [0, 0.1) is 6.92 Å². The zero-order chi connectivity index (χ0) is 11.3. The molecule has 0 radical (unpaired) electrons. The number of hydrogen-bond acceptors (Lipinski definition) is 3. The molecule has 82 valence electrons. The average Bonchev–Trinajstić information content (AvgIpc) is 2.22. The summed E-state index contributed by atoms with van der Waals surface area (Å²) in [4.78, 5) is 11.5. The second kappa shape index (κ2) is 5.51. The number of aliphatic hydroxyl groups excluding tert-OH is 1. The van der Waals surface area contributed by atoms with Gasteiger partial charge in [0.1, 0.15) is 5.92 Å². The molecule has 1 atom stereocenters. The Hall–Kier alpha value is -1.35. The molecular weight excluding hydrogens is 192 g/mol. The summed E-state index contributed by atoms with van der Waals surface area (Å²) in [7, 11) is 0. The molecular formula is C12H16O3. The second-order valence-corrected chi connectivity index (χ2v) is 3.40. The lowest BCUT2D eigenvalue weighted by atomic mass is 9.99. The van der Waals surface area contributed by atoms with E-state index in [1.54, 1.807) is 6.92 Å². The lowest BCUT2D eigenvalue weighted by Gasteiger charge is -2.13. The molecule has 0 aliphatic rings. The molecule has 3 nitrogen and oxygen atoms in total. The van der Waals surface area contributed by atoms with Gasteiger partial charge in [-0.15, -0.1) is 0 Å². The molecule has 0 fully saturated rings. The van der Waals surface area contributed by atoms with Crippen LogP contribution in [0.3, 0.4) is 0 Å². The lowest BCUT2D eigenvalue weighted by Crippen LogP contribution is -2.19. The van der Waals surface area contributed by atoms with E-state index in [0.717, 1.165) is 11.1 Å². The zero-order valence-corrected chi connectivity index (χ0v) is 9.06. The predicted molar refractivity (Wildman–Crippen MR) is 57.6 cm³/mol. The van der Waals surface area contributed by atoms with Crippen molar-refractivity contribution in [3.05, 3.63) is 35.4 Å². The van der Waals surface area contributed by atoms with Crippen LogP contribution in [0.5, 0.6) is 0 Å². The van der Waals surface area contributed by atoms with E-state index in [4.69, 9.17) is 9.84 Å². The Morgan fingerprint density at radius 3 is 2.47 bits per heavy atom. The molecule has 0 spiro atoms. The fraction of sp³-hybridized carbons (Fsp3) is 0.417. The summed E-state index contributed by atoms with van der Waals surface area (Å²) in [6.45, 7) is 3.84. The smallest absolute Gasteiger partial charge is 0.315 e. The lowest BCUT2D eigenvalue weighted by molar-refractivity contribution is -0.145. The maximum atomic E-state index is 11.5. The summed E-state index contributed by atoms with van der Waals surface area (Å²) in [5.41, 5.74) is 1.92. The molecule has 0 aliphatic carbocycles. The van der Waals surface area contributed by atoms with Crippen molar-refractivity contribution >= 4 is 5.97 Å². The normalized spacial score (nSPS) is 12.2. The highest BCUT2D eigenvalue weighted by atomic mass is 16.5. The number of aryl methyl sites for hydroxylation is 1. The van der Waals surface area contributed by atoms with Crippen LogP contribution in [0.1, 0.15) is 24.0 Å². The molecule has 1 aromatic rings. The quantitative estimate of drug-likeness (QED) is 0.765. The van der Waals surface area contributed by atoms with Gasteiger partial charge < -0.3 is 9.84 Å². The molecule has 0 aliphatic heterocycles. The van der Waals surface area contributed by atoms with Gasteiger partial charge in [-0.2, -0.15) is 0 Å². The van der Waals surface area contributed by atoms with E-state index in [9.17, 15) is 4.79 Å². The van der Waals surface area contributed by atoms with Gasteiger partial charge in [0, 0.05) is 0 Å². The summed E-state index contributed by atoms with van der Waals surface area (Å²) in [5, 5.41) is 9.14. The number of rotatable bonds is 4. The highest BCUT2D eigenvalue weighted by Crippen LogP contribution is 2.17. The number of carbonyl (C=O) groups is 1. The Morgan fingerprint density at radius 2 is 2.00 bits per heavy atom. The van der Waals surface area contributed by atoms with E-state index in [-0.39, 0.29) is 12.6 Å². The molecule has 0 aromatic heterocycles. The Kier molecular flexibility index (Phi) is 4.31. The van der Waals surface area contributed by atoms with Crippen LogP contribution in [0.4, 0.5) is 0 Å². The highest BCUT2D eigenvalue weighted by molar-refractivity contribution is 5.78. The first-order valence-electron chi connectivity index (χ1n) is 5.03. The number of carbonyl (C=O) groups excluding carboxylic acids is 1. The molecule has 0 heterocycles. The minimum absolute atomic E-state index is 0.220. The molecule has 15 heavy (non-hydrogen) atoms. The molecule has 3 heteroatoms. The van der Waals surface area contributed by atoms with Gasteiger partial charge in [0.2, 0.25) is 0 Å². The van der Waals surface area contributed by atoms with Gasteiger partial charge in [0.05, 0.1) is 13.2 Å². The number of ether oxygens (including phenoxy) is 1. The molecule has 1 rings (SSSR count). The maximum absolute atomic E-state index is 11.5. The number of benzene rings is 1. The van der Waals surface area contributed by atoms with Crippen LogP contribution in [0.15, 0.2) is 24.3 Å². The van der Waals surface area contributed by atoms with E-state index >= 15 is 0 Å². The summed E-state index contributed by atoms with van der Waals surface area (Å²) in [6.07, 6.45) is 0. The summed E-state index contributed by atoms with van der Waals surface area (Å²) < 4.78 is 4.88. The fourth-order valence-electron chi connectivity index (χ4n) is 1.36. The highest BCUT2D eigenvalue weighted by Gasteiger charge is 2.20. The Morgan fingerprint density at radius 1 is 1.40 bits per heavy atom. The van der Waals surface area contributed by atoms with Crippen molar-refractivity contribution in [2.24, 2.45) is 0 Å². The van der Waals surface area contributed by atoms with E-state index in [2.05, 4.69) is 0 Å². The number of esters is 1. The third-order valence-corrected chi connectivity index (χ3v) is 2.23. The molecule has 0 unspecified atom stereocenters. The van der Waals surface area contributed by atoms with Crippen LogP contribution in [-0.2, 0) is 9.53 Å². The van der Waals surface area contributed by atoms with Gasteiger partial charge in [0.15, 0.2) is 0 Å². The van der Waals surface area contributed by atoms with Crippen LogP contribution < -0.4 is 0 Å². The molecule has 1 aromatic carbocycles. The van der Waals surface area contributed by atoms with Gasteiger partial charge in [-0.05, 0) is 19.4 Å². The van der Waals surface area contributed by atoms with Gasteiger partial charge in [-0.3, -0.25) is 4.79 Å².